The van der Waals surface area contributed by atoms with E-state index in [9.17, 15) is 9.59 Å². The normalized spacial score (nSPS) is 12.0. The van der Waals surface area contributed by atoms with Gasteiger partial charge >= 0.3 is 0 Å². The van der Waals surface area contributed by atoms with E-state index in [0.717, 1.165) is 30.6 Å². The van der Waals surface area contributed by atoms with Crippen LogP contribution in [0.2, 0.25) is 0 Å². The number of benzene rings is 2. The van der Waals surface area contributed by atoms with Gasteiger partial charge in [-0.1, -0.05) is 31.5 Å². The van der Waals surface area contributed by atoms with E-state index >= 15 is 0 Å². The molecule has 0 fully saturated rings. The summed E-state index contributed by atoms with van der Waals surface area (Å²) in [5, 5.41) is 0. The number of hydrogen-bond donors (Lipinski definition) is 0. The Balaban J connectivity index is 1.51. The summed E-state index contributed by atoms with van der Waals surface area (Å²) in [6.45, 7) is 5.36. The number of aryl methyl sites for hydroxylation is 2. The molecule has 3 aromatic rings. The Kier molecular flexibility index (Phi) is 9.43. The van der Waals surface area contributed by atoms with E-state index in [0.29, 0.717) is 42.5 Å². The molecular formula is C30H36N2O6. The summed E-state index contributed by atoms with van der Waals surface area (Å²) in [7, 11) is 1.58. The quantitative estimate of drug-likeness (QED) is 0.316. The molecule has 0 spiro atoms. The fourth-order valence-corrected chi connectivity index (χ4v) is 4.34. The lowest BCUT2D eigenvalue weighted by Gasteiger charge is -2.27. The third kappa shape index (κ3) is 7.16. The van der Waals surface area contributed by atoms with Gasteiger partial charge in [-0.3, -0.25) is 9.59 Å². The van der Waals surface area contributed by atoms with Crippen molar-refractivity contribution in [3.05, 3.63) is 82.8 Å². The van der Waals surface area contributed by atoms with Gasteiger partial charge in [0.1, 0.15) is 18.1 Å². The van der Waals surface area contributed by atoms with Crippen LogP contribution >= 0.6 is 0 Å². The van der Waals surface area contributed by atoms with Gasteiger partial charge in [-0.15, -0.1) is 0 Å². The molecule has 0 bridgehead atoms. The van der Waals surface area contributed by atoms with Crippen LogP contribution in [-0.2, 0) is 29.0 Å². The molecule has 2 amide bonds. The lowest BCUT2D eigenvalue weighted by Crippen LogP contribution is -2.43. The number of ether oxygens (including phenoxy) is 3. The summed E-state index contributed by atoms with van der Waals surface area (Å²) < 4.78 is 21.9. The smallest absolute Gasteiger partial charge is 0.254 e. The first kappa shape index (κ1) is 27.3. The Labute approximate surface area is 224 Å². The van der Waals surface area contributed by atoms with Crippen molar-refractivity contribution in [1.29, 1.82) is 0 Å². The van der Waals surface area contributed by atoms with Gasteiger partial charge in [0, 0.05) is 25.8 Å². The fraction of sp³-hybridized carbons (Fsp3) is 0.400. The van der Waals surface area contributed by atoms with Gasteiger partial charge in [-0.25, -0.2) is 0 Å². The minimum atomic E-state index is -0.200. The Morgan fingerprint density at radius 3 is 2.39 bits per heavy atom. The van der Waals surface area contributed by atoms with Gasteiger partial charge < -0.3 is 28.4 Å². The van der Waals surface area contributed by atoms with Crippen molar-refractivity contribution in [1.82, 2.24) is 9.80 Å². The second kappa shape index (κ2) is 13.1. The lowest BCUT2D eigenvalue weighted by atomic mass is 10.1. The Bertz CT molecular complexity index is 1220. The number of fused-ring (bicyclic) bond motifs is 1. The number of carbonyl (C=O) groups excluding carboxylic acids is 2. The summed E-state index contributed by atoms with van der Waals surface area (Å²) in [5.74, 6) is 2.40. The number of carbonyl (C=O) groups is 2. The number of nitrogens with zero attached hydrogens (tertiary/aromatic N) is 2. The molecular weight excluding hydrogens is 484 g/mol. The van der Waals surface area contributed by atoms with E-state index in [-0.39, 0.29) is 31.7 Å². The highest BCUT2D eigenvalue weighted by atomic mass is 16.7. The number of rotatable bonds is 13. The van der Waals surface area contributed by atoms with Gasteiger partial charge in [-0.05, 0) is 67.3 Å². The highest BCUT2D eigenvalue weighted by molar-refractivity contribution is 5.96. The largest absolute Gasteiger partial charge is 0.464 e. The number of unbranched alkanes of at least 4 members (excludes halogenated alkanes) is 1. The molecule has 1 aliphatic rings. The minimum absolute atomic E-state index is 0.0793. The number of furan rings is 1. The van der Waals surface area contributed by atoms with Gasteiger partial charge in [0.05, 0.1) is 13.2 Å². The maximum Gasteiger partial charge on any atom is 0.254 e. The SMILES string of the molecule is CCCCc1ccc(C(=O)N(CCOC)CC(=O)N(Cc2ccc3c(c2)OCO3)Cc2ccc(C)o2)cc1. The van der Waals surface area contributed by atoms with Gasteiger partial charge in [-0.2, -0.15) is 0 Å². The van der Waals surface area contributed by atoms with E-state index in [2.05, 4.69) is 6.92 Å². The van der Waals surface area contributed by atoms with Gasteiger partial charge in [0.15, 0.2) is 11.5 Å². The third-order valence-corrected chi connectivity index (χ3v) is 6.50. The van der Waals surface area contributed by atoms with Crippen LogP contribution in [0.25, 0.3) is 0 Å². The molecule has 38 heavy (non-hydrogen) atoms. The summed E-state index contributed by atoms with van der Waals surface area (Å²) in [6, 6.07) is 17.0. The van der Waals surface area contributed by atoms with Crippen LogP contribution in [0.5, 0.6) is 11.5 Å². The Hall–Kier alpha value is -3.78. The maximum atomic E-state index is 13.7. The average molecular weight is 521 g/mol. The molecule has 0 atom stereocenters. The first-order chi connectivity index (χ1) is 18.5. The lowest BCUT2D eigenvalue weighted by molar-refractivity contribution is -0.133. The molecule has 1 aromatic heterocycles. The molecule has 2 aromatic carbocycles. The van der Waals surface area contributed by atoms with E-state index in [4.69, 9.17) is 18.6 Å². The van der Waals surface area contributed by atoms with Crippen LogP contribution in [0.15, 0.2) is 59.0 Å². The van der Waals surface area contributed by atoms with E-state index in [1.807, 2.05) is 61.5 Å². The van der Waals surface area contributed by atoms with Crippen LogP contribution in [0.3, 0.4) is 0 Å². The predicted molar refractivity (Wildman–Crippen MR) is 143 cm³/mol. The summed E-state index contributed by atoms with van der Waals surface area (Å²) in [5.41, 5.74) is 2.65. The Morgan fingerprint density at radius 1 is 0.921 bits per heavy atom. The molecule has 0 saturated heterocycles. The molecule has 8 nitrogen and oxygen atoms in total. The average Bonchev–Trinajstić information content (AvgIpc) is 3.57. The topological polar surface area (TPSA) is 81.5 Å². The van der Waals surface area contributed by atoms with Crippen molar-refractivity contribution < 1.29 is 28.2 Å². The first-order valence-corrected chi connectivity index (χ1v) is 13.1. The van der Waals surface area contributed by atoms with Crippen LogP contribution < -0.4 is 9.47 Å². The van der Waals surface area contributed by atoms with Crippen LogP contribution in [0.1, 0.15) is 52.8 Å². The maximum absolute atomic E-state index is 13.7. The zero-order valence-corrected chi connectivity index (χ0v) is 22.4. The summed E-state index contributed by atoms with van der Waals surface area (Å²) in [4.78, 5) is 30.3. The zero-order chi connectivity index (χ0) is 26.9. The molecule has 0 aliphatic carbocycles. The second-order valence-corrected chi connectivity index (χ2v) is 9.47. The zero-order valence-electron chi connectivity index (χ0n) is 22.4. The second-order valence-electron chi connectivity index (χ2n) is 9.47. The van der Waals surface area contributed by atoms with Crippen molar-refractivity contribution in [2.45, 2.75) is 46.2 Å². The molecule has 8 heteroatoms. The van der Waals surface area contributed by atoms with Crippen molar-refractivity contribution in [2.75, 3.05) is 33.6 Å². The van der Waals surface area contributed by atoms with E-state index < -0.39 is 0 Å². The number of amides is 2. The fourth-order valence-electron chi connectivity index (χ4n) is 4.34. The minimum Gasteiger partial charge on any atom is -0.464 e. The monoisotopic (exact) mass is 520 g/mol. The van der Waals surface area contributed by atoms with Crippen LogP contribution in [0, 0.1) is 6.92 Å². The first-order valence-electron chi connectivity index (χ1n) is 13.1. The standard InChI is InChI=1S/C30H36N2O6/c1-4-5-6-23-8-11-25(12-9-23)30(34)31(15-16-35-3)20-29(33)32(19-26-13-7-22(2)38-26)18-24-10-14-27-28(17-24)37-21-36-27/h7-14,17H,4-6,15-16,18-21H2,1-3H3. The molecule has 202 valence electrons. The molecule has 0 N–H and O–H groups in total. The predicted octanol–water partition coefficient (Wildman–Crippen LogP) is 4.98. The molecule has 2 heterocycles. The molecule has 0 radical (unpaired) electrons. The van der Waals surface area contributed by atoms with Crippen molar-refractivity contribution in [3.63, 3.8) is 0 Å². The summed E-state index contributed by atoms with van der Waals surface area (Å²) >= 11 is 0. The molecule has 0 saturated carbocycles. The molecule has 4 rings (SSSR count). The van der Waals surface area contributed by atoms with Gasteiger partial charge in [0.2, 0.25) is 12.7 Å². The summed E-state index contributed by atoms with van der Waals surface area (Å²) in [6.07, 6.45) is 3.21. The van der Waals surface area contributed by atoms with E-state index in [1.54, 1.807) is 16.9 Å². The molecule has 0 unspecified atom stereocenters. The van der Waals surface area contributed by atoms with Crippen LogP contribution in [0.4, 0.5) is 0 Å². The van der Waals surface area contributed by atoms with Crippen molar-refractivity contribution >= 4 is 11.8 Å². The number of hydrogen-bond acceptors (Lipinski definition) is 6. The molecule has 1 aliphatic heterocycles. The van der Waals surface area contributed by atoms with E-state index in [1.165, 1.54) is 5.56 Å². The third-order valence-electron chi connectivity index (χ3n) is 6.50. The van der Waals surface area contributed by atoms with Crippen molar-refractivity contribution in [3.8, 4) is 11.5 Å². The number of methoxy groups -OCH3 is 1. The highest BCUT2D eigenvalue weighted by Crippen LogP contribution is 2.33. The van der Waals surface area contributed by atoms with Crippen molar-refractivity contribution in [2.24, 2.45) is 0 Å². The Morgan fingerprint density at radius 2 is 1.68 bits per heavy atom. The van der Waals surface area contributed by atoms with Crippen LogP contribution in [-0.4, -0.2) is 55.2 Å². The van der Waals surface area contributed by atoms with Gasteiger partial charge in [0.25, 0.3) is 5.91 Å². The highest BCUT2D eigenvalue weighted by Gasteiger charge is 2.24.